The molecule has 0 aliphatic heterocycles. The maximum Gasteiger partial charge on any atom is 0.168 e. The van der Waals surface area contributed by atoms with Crippen molar-refractivity contribution in [1.29, 1.82) is 0 Å². The normalized spacial score (nSPS) is 18.8. The Bertz CT molecular complexity index is 194. The highest BCUT2D eigenvalue weighted by molar-refractivity contribution is 6.04. The molecule has 1 aliphatic carbocycles. The Hall–Kier alpha value is -0.700. The smallest absolute Gasteiger partial charge is 0.168 e. The molecule has 0 N–H and O–H groups in total. The number of ketones is 2. The predicted molar refractivity (Wildman–Crippen MR) is 43.8 cm³/mol. The highest BCUT2D eigenvalue weighted by Gasteiger charge is 2.35. The second kappa shape index (κ2) is 3.81. The van der Waals surface area contributed by atoms with Crippen LogP contribution in [0.4, 0.5) is 0 Å². The Morgan fingerprint density at radius 3 is 2.50 bits per heavy atom. The summed E-state index contributed by atoms with van der Waals surface area (Å²) < 4.78 is 4.67. The van der Waals surface area contributed by atoms with Gasteiger partial charge in [-0.05, 0) is 19.8 Å². The summed E-state index contributed by atoms with van der Waals surface area (Å²) in [5, 5.41) is 0. The quantitative estimate of drug-likeness (QED) is 0.574. The first-order valence-corrected chi connectivity index (χ1v) is 4.22. The number of carbonyl (C=O) groups excluding carboxylic acids is 2. The van der Waals surface area contributed by atoms with Crippen molar-refractivity contribution in [3.05, 3.63) is 0 Å². The van der Waals surface area contributed by atoms with Crippen molar-refractivity contribution in [2.75, 3.05) is 13.7 Å². The van der Waals surface area contributed by atoms with Gasteiger partial charge in [-0.15, -0.1) is 0 Å². The van der Waals surface area contributed by atoms with E-state index in [1.54, 1.807) is 6.92 Å². The molecule has 0 amide bonds. The topological polar surface area (TPSA) is 43.4 Å². The molecule has 0 spiro atoms. The van der Waals surface area contributed by atoms with Crippen LogP contribution in [0, 0.1) is 11.8 Å². The summed E-state index contributed by atoms with van der Waals surface area (Å²) in [5.74, 6) is -0.301. The van der Waals surface area contributed by atoms with Crippen LogP contribution >= 0.6 is 0 Å². The first kappa shape index (κ1) is 9.39. The molecule has 3 nitrogen and oxygen atoms in total. The lowest BCUT2D eigenvalue weighted by Crippen LogP contribution is -2.25. The van der Waals surface area contributed by atoms with Crippen LogP contribution in [0.5, 0.6) is 0 Å². The van der Waals surface area contributed by atoms with Crippen molar-refractivity contribution in [3.8, 4) is 0 Å². The van der Waals surface area contributed by atoms with Crippen LogP contribution in [0.2, 0.25) is 0 Å². The molecule has 1 rings (SSSR count). The Morgan fingerprint density at radius 2 is 2.08 bits per heavy atom. The van der Waals surface area contributed by atoms with E-state index in [2.05, 4.69) is 4.74 Å². The Labute approximate surface area is 72.1 Å². The highest BCUT2D eigenvalue weighted by Crippen LogP contribution is 2.32. The van der Waals surface area contributed by atoms with Crippen molar-refractivity contribution in [1.82, 2.24) is 0 Å². The van der Waals surface area contributed by atoms with Crippen LogP contribution in [0.15, 0.2) is 0 Å². The van der Waals surface area contributed by atoms with Gasteiger partial charge in [0.25, 0.3) is 0 Å². The fourth-order valence-electron chi connectivity index (χ4n) is 1.15. The van der Waals surface area contributed by atoms with Crippen molar-refractivity contribution in [3.63, 3.8) is 0 Å². The summed E-state index contributed by atoms with van der Waals surface area (Å²) in [6.07, 6.45) is 1.92. The summed E-state index contributed by atoms with van der Waals surface area (Å²) in [6, 6.07) is 0. The fraction of sp³-hybridized carbons (Fsp3) is 0.778. The molecule has 12 heavy (non-hydrogen) atoms. The molecule has 0 saturated heterocycles. The van der Waals surface area contributed by atoms with E-state index in [1.165, 1.54) is 7.11 Å². The van der Waals surface area contributed by atoms with E-state index in [0.29, 0.717) is 0 Å². The predicted octanol–water partition coefficient (Wildman–Crippen LogP) is 0.817. The van der Waals surface area contributed by atoms with Gasteiger partial charge in [-0.1, -0.05) is 0 Å². The van der Waals surface area contributed by atoms with Crippen molar-refractivity contribution in [2.45, 2.75) is 19.8 Å². The third-order valence-corrected chi connectivity index (χ3v) is 2.18. The zero-order valence-corrected chi connectivity index (χ0v) is 7.50. The van der Waals surface area contributed by atoms with E-state index in [9.17, 15) is 9.59 Å². The first-order chi connectivity index (χ1) is 5.66. The molecular formula is C9H14O3. The minimum absolute atomic E-state index is 0.0552. The number of rotatable bonds is 5. The van der Waals surface area contributed by atoms with E-state index in [4.69, 9.17) is 0 Å². The number of Topliss-reactive ketones (excluding diaryl/α,β-unsaturated/α-hetero) is 2. The van der Waals surface area contributed by atoms with Crippen molar-refractivity contribution < 1.29 is 14.3 Å². The molecule has 1 fully saturated rings. The molecular weight excluding hydrogens is 156 g/mol. The van der Waals surface area contributed by atoms with Gasteiger partial charge in [-0.2, -0.15) is 0 Å². The minimum Gasteiger partial charge on any atom is -0.377 e. The lowest BCUT2D eigenvalue weighted by atomic mass is 9.98. The number of carbonyl (C=O) groups is 2. The summed E-state index contributed by atoms with van der Waals surface area (Å²) >= 11 is 0. The van der Waals surface area contributed by atoms with E-state index in [1.807, 2.05) is 0 Å². The highest BCUT2D eigenvalue weighted by atomic mass is 16.5. The van der Waals surface area contributed by atoms with Crippen LogP contribution in [0.25, 0.3) is 0 Å². The zero-order chi connectivity index (χ0) is 9.14. The summed E-state index contributed by atoms with van der Waals surface area (Å²) in [4.78, 5) is 22.5. The third kappa shape index (κ3) is 2.14. The van der Waals surface area contributed by atoms with E-state index in [-0.39, 0.29) is 24.1 Å². The molecule has 3 heteroatoms. The Kier molecular flexibility index (Phi) is 2.98. The van der Waals surface area contributed by atoms with Gasteiger partial charge < -0.3 is 4.74 Å². The van der Waals surface area contributed by atoms with Crippen LogP contribution in [0.1, 0.15) is 19.8 Å². The number of ether oxygens (including phenoxy) is 1. The van der Waals surface area contributed by atoms with Crippen LogP contribution in [-0.2, 0) is 14.3 Å². The van der Waals surface area contributed by atoms with Gasteiger partial charge in [-0.25, -0.2) is 0 Å². The third-order valence-electron chi connectivity index (χ3n) is 2.18. The number of hydrogen-bond donors (Lipinski definition) is 0. The molecule has 1 aliphatic rings. The maximum atomic E-state index is 11.3. The molecule has 1 atom stereocenters. The molecule has 0 aromatic heterocycles. The van der Waals surface area contributed by atoms with E-state index < -0.39 is 5.92 Å². The SMILES string of the molecule is COCC(=O)C(C)C(=O)C1CC1. The molecule has 0 aromatic carbocycles. The lowest BCUT2D eigenvalue weighted by molar-refractivity contribution is -0.134. The summed E-state index contributed by atoms with van der Waals surface area (Å²) in [7, 11) is 1.46. The monoisotopic (exact) mass is 170 g/mol. The average Bonchev–Trinajstić information content (AvgIpc) is 2.84. The number of methoxy groups -OCH3 is 1. The van der Waals surface area contributed by atoms with Crippen molar-refractivity contribution in [2.24, 2.45) is 11.8 Å². The second-order valence-corrected chi connectivity index (χ2v) is 3.30. The molecule has 1 saturated carbocycles. The van der Waals surface area contributed by atoms with Gasteiger partial charge in [0.2, 0.25) is 0 Å². The van der Waals surface area contributed by atoms with Crippen LogP contribution in [0.3, 0.4) is 0 Å². The van der Waals surface area contributed by atoms with Gasteiger partial charge in [0, 0.05) is 13.0 Å². The zero-order valence-electron chi connectivity index (χ0n) is 7.50. The molecule has 1 unspecified atom stereocenters. The van der Waals surface area contributed by atoms with Gasteiger partial charge in [0.05, 0.1) is 5.92 Å². The van der Waals surface area contributed by atoms with Crippen LogP contribution in [-0.4, -0.2) is 25.3 Å². The van der Waals surface area contributed by atoms with Gasteiger partial charge in [0.1, 0.15) is 12.4 Å². The summed E-state index contributed by atoms with van der Waals surface area (Å²) in [6.45, 7) is 1.72. The van der Waals surface area contributed by atoms with Gasteiger partial charge >= 0.3 is 0 Å². The standard InChI is InChI=1S/C9H14O3/c1-6(8(10)5-12-2)9(11)7-3-4-7/h6-7H,3-5H2,1-2H3. The van der Waals surface area contributed by atoms with Crippen molar-refractivity contribution >= 4 is 11.6 Å². The van der Waals surface area contributed by atoms with Crippen LogP contribution < -0.4 is 0 Å². The minimum atomic E-state index is -0.461. The van der Waals surface area contributed by atoms with Gasteiger partial charge in [-0.3, -0.25) is 9.59 Å². The van der Waals surface area contributed by atoms with E-state index in [0.717, 1.165) is 12.8 Å². The molecule has 0 heterocycles. The largest absolute Gasteiger partial charge is 0.377 e. The molecule has 0 radical (unpaired) electrons. The van der Waals surface area contributed by atoms with E-state index >= 15 is 0 Å². The Balaban J connectivity index is 2.39. The lowest BCUT2D eigenvalue weighted by Gasteiger charge is -2.06. The average molecular weight is 170 g/mol. The maximum absolute atomic E-state index is 11.3. The molecule has 0 aromatic rings. The molecule has 0 bridgehead atoms. The summed E-state index contributed by atoms with van der Waals surface area (Å²) in [5.41, 5.74) is 0. The fourth-order valence-corrected chi connectivity index (χ4v) is 1.15. The van der Waals surface area contributed by atoms with Gasteiger partial charge in [0.15, 0.2) is 5.78 Å². The number of hydrogen-bond acceptors (Lipinski definition) is 3. The Morgan fingerprint density at radius 1 is 1.50 bits per heavy atom. The first-order valence-electron chi connectivity index (χ1n) is 4.22. The second-order valence-electron chi connectivity index (χ2n) is 3.30. The molecule has 68 valence electrons.